The molecule has 0 aliphatic carbocycles. The summed E-state index contributed by atoms with van der Waals surface area (Å²) in [4.78, 5) is 6.85. The van der Waals surface area contributed by atoms with Crippen molar-refractivity contribution in [2.24, 2.45) is 0 Å². The minimum atomic E-state index is -4.61. The Bertz CT molecular complexity index is 626. The topological polar surface area (TPSA) is 25.8 Å². The fourth-order valence-corrected chi connectivity index (χ4v) is 1.70. The normalized spacial score (nSPS) is 11.7. The van der Waals surface area contributed by atoms with E-state index in [0.717, 1.165) is 12.1 Å². The number of hydrogen-bond donors (Lipinski definition) is 0. The summed E-state index contributed by atoms with van der Waals surface area (Å²) < 4.78 is 50.9. The van der Waals surface area contributed by atoms with Crippen LogP contribution in [0.1, 0.15) is 11.3 Å². The molecule has 0 N–H and O–H groups in total. The van der Waals surface area contributed by atoms with E-state index in [1.54, 1.807) is 0 Å². The zero-order valence-corrected chi connectivity index (χ0v) is 10.3. The highest BCUT2D eigenvalue weighted by molar-refractivity contribution is 6.28. The van der Waals surface area contributed by atoms with Crippen molar-refractivity contribution in [1.82, 2.24) is 9.97 Å². The molecule has 0 saturated heterocycles. The van der Waals surface area contributed by atoms with Crippen LogP contribution in [0.4, 0.5) is 17.6 Å². The van der Waals surface area contributed by atoms with Gasteiger partial charge in [0.05, 0.1) is 5.69 Å². The number of aryl methyl sites for hydroxylation is 1. The van der Waals surface area contributed by atoms with Crippen molar-refractivity contribution in [2.75, 3.05) is 0 Å². The van der Waals surface area contributed by atoms with Gasteiger partial charge in [0.1, 0.15) is 11.5 Å². The van der Waals surface area contributed by atoms with Crippen LogP contribution in [0.25, 0.3) is 11.3 Å². The third-order valence-electron chi connectivity index (χ3n) is 2.44. The van der Waals surface area contributed by atoms with Crippen LogP contribution in [0, 0.1) is 12.7 Å². The van der Waals surface area contributed by atoms with E-state index < -0.39 is 23.0 Å². The van der Waals surface area contributed by atoms with E-state index in [4.69, 9.17) is 11.6 Å². The summed E-state index contributed by atoms with van der Waals surface area (Å²) >= 11 is 5.48. The zero-order chi connectivity index (χ0) is 14.2. The van der Waals surface area contributed by atoms with Gasteiger partial charge in [0.15, 0.2) is 0 Å². The molecular weight excluding hydrogens is 284 g/mol. The first-order valence-corrected chi connectivity index (χ1v) is 5.53. The van der Waals surface area contributed by atoms with Gasteiger partial charge in [-0.05, 0) is 48.4 Å². The van der Waals surface area contributed by atoms with Crippen molar-refractivity contribution in [3.63, 3.8) is 0 Å². The quantitative estimate of drug-likeness (QED) is 0.579. The Balaban J connectivity index is 2.56. The Kier molecular flexibility index (Phi) is 3.45. The second-order valence-corrected chi connectivity index (χ2v) is 4.21. The minimum absolute atomic E-state index is 0.00424. The van der Waals surface area contributed by atoms with Gasteiger partial charge in [-0.1, -0.05) is 0 Å². The smallest absolute Gasteiger partial charge is 0.218 e. The van der Waals surface area contributed by atoms with Gasteiger partial charge in [-0.25, -0.2) is 14.4 Å². The molecule has 0 atom stereocenters. The molecule has 100 valence electrons. The number of aromatic nitrogens is 2. The Hall–Kier alpha value is -1.69. The maximum absolute atomic E-state index is 13.1. The Morgan fingerprint density at radius 1 is 1.11 bits per heavy atom. The molecule has 19 heavy (non-hydrogen) atoms. The lowest BCUT2D eigenvalue weighted by Gasteiger charge is -2.09. The molecule has 1 aromatic carbocycles. The minimum Gasteiger partial charge on any atom is -0.218 e. The van der Waals surface area contributed by atoms with Crippen LogP contribution in [0.2, 0.25) is 5.28 Å². The van der Waals surface area contributed by atoms with Crippen LogP contribution >= 0.6 is 11.6 Å². The lowest BCUT2D eigenvalue weighted by molar-refractivity contribution is -0.141. The van der Waals surface area contributed by atoms with Crippen LogP contribution in [-0.2, 0) is 6.18 Å². The fraction of sp³-hybridized carbons (Fsp3) is 0.167. The summed E-state index contributed by atoms with van der Waals surface area (Å²) in [6, 6.07) is 4.67. The molecular formula is C12H7ClF4N2. The van der Waals surface area contributed by atoms with Crippen LogP contribution < -0.4 is 0 Å². The molecule has 1 heterocycles. The number of halogens is 5. The molecule has 2 nitrogen and oxygen atoms in total. The van der Waals surface area contributed by atoms with Gasteiger partial charge in [-0.15, -0.1) is 0 Å². The SMILES string of the molecule is Cc1cc(-c2cc(C(F)(F)F)nc(Cl)n2)ccc1F. The predicted molar refractivity (Wildman–Crippen MR) is 62.2 cm³/mol. The van der Waals surface area contributed by atoms with Gasteiger partial charge < -0.3 is 0 Å². The number of rotatable bonds is 1. The van der Waals surface area contributed by atoms with Crippen LogP contribution in [0.5, 0.6) is 0 Å². The first kappa shape index (κ1) is 13.7. The van der Waals surface area contributed by atoms with E-state index in [-0.39, 0.29) is 5.69 Å². The molecule has 1 aromatic heterocycles. The molecule has 7 heteroatoms. The van der Waals surface area contributed by atoms with E-state index in [2.05, 4.69) is 9.97 Å². The Morgan fingerprint density at radius 3 is 2.37 bits per heavy atom. The molecule has 2 rings (SSSR count). The van der Waals surface area contributed by atoms with Crippen molar-refractivity contribution in [3.05, 3.63) is 46.6 Å². The summed E-state index contributed by atoms with van der Waals surface area (Å²) in [7, 11) is 0. The molecule has 0 unspecified atom stereocenters. The van der Waals surface area contributed by atoms with Crippen molar-refractivity contribution >= 4 is 11.6 Å². The monoisotopic (exact) mass is 290 g/mol. The zero-order valence-electron chi connectivity index (χ0n) is 9.59. The van der Waals surface area contributed by atoms with Crippen LogP contribution in [0.15, 0.2) is 24.3 Å². The fourth-order valence-electron chi connectivity index (χ4n) is 1.51. The van der Waals surface area contributed by atoms with E-state index in [9.17, 15) is 17.6 Å². The molecule has 0 bridgehead atoms. The van der Waals surface area contributed by atoms with Crippen LogP contribution in [0.3, 0.4) is 0 Å². The molecule has 0 aliphatic heterocycles. The lowest BCUT2D eigenvalue weighted by Crippen LogP contribution is -2.09. The first-order valence-electron chi connectivity index (χ1n) is 5.15. The third-order valence-corrected chi connectivity index (χ3v) is 2.61. The lowest BCUT2D eigenvalue weighted by atomic mass is 10.1. The molecule has 0 saturated carbocycles. The molecule has 0 aliphatic rings. The van der Waals surface area contributed by atoms with Crippen molar-refractivity contribution in [3.8, 4) is 11.3 Å². The Labute approximate surface area is 111 Å². The molecule has 0 spiro atoms. The van der Waals surface area contributed by atoms with Gasteiger partial charge >= 0.3 is 6.18 Å². The maximum Gasteiger partial charge on any atom is 0.433 e. The van der Waals surface area contributed by atoms with Crippen molar-refractivity contribution in [2.45, 2.75) is 13.1 Å². The summed E-state index contributed by atoms with van der Waals surface area (Å²) in [5, 5.41) is -0.508. The summed E-state index contributed by atoms with van der Waals surface area (Å²) in [5.74, 6) is -0.444. The highest BCUT2D eigenvalue weighted by Gasteiger charge is 2.33. The van der Waals surface area contributed by atoms with Crippen molar-refractivity contribution in [1.29, 1.82) is 0 Å². The third kappa shape index (κ3) is 3.01. The molecule has 2 aromatic rings. The van der Waals surface area contributed by atoms with E-state index in [1.165, 1.54) is 19.1 Å². The highest BCUT2D eigenvalue weighted by Crippen LogP contribution is 2.31. The highest BCUT2D eigenvalue weighted by atomic mass is 35.5. The second kappa shape index (κ2) is 4.77. The summed E-state index contributed by atoms with van der Waals surface area (Å²) in [5.41, 5.74) is -0.491. The Morgan fingerprint density at radius 2 is 1.79 bits per heavy atom. The first-order chi connectivity index (χ1) is 8.77. The van der Waals surface area contributed by atoms with E-state index in [1.807, 2.05) is 0 Å². The molecule has 0 radical (unpaired) electrons. The van der Waals surface area contributed by atoms with Crippen LogP contribution in [-0.4, -0.2) is 9.97 Å². The largest absolute Gasteiger partial charge is 0.433 e. The van der Waals surface area contributed by atoms with Gasteiger partial charge in [0, 0.05) is 5.56 Å². The average Bonchev–Trinajstić information content (AvgIpc) is 2.31. The van der Waals surface area contributed by atoms with Gasteiger partial charge in [-0.2, -0.15) is 13.2 Å². The number of hydrogen-bond acceptors (Lipinski definition) is 2. The summed E-state index contributed by atoms with van der Waals surface area (Å²) in [6.45, 7) is 1.51. The average molecular weight is 291 g/mol. The van der Waals surface area contributed by atoms with Gasteiger partial charge in [0.2, 0.25) is 5.28 Å². The standard InChI is InChI=1S/C12H7ClF4N2/c1-6-4-7(2-3-8(6)14)9-5-10(12(15,16)17)19-11(13)18-9/h2-5H,1H3. The number of nitrogens with zero attached hydrogens (tertiary/aromatic N) is 2. The summed E-state index contributed by atoms with van der Waals surface area (Å²) in [6.07, 6.45) is -4.61. The van der Waals surface area contributed by atoms with E-state index in [0.29, 0.717) is 11.1 Å². The molecule has 0 amide bonds. The van der Waals surface area contributed by atoms with Crippen molar-refractivity contribution < 1.29 is 17.6 Å². The van der Waals surface area contributed by atoms with Gasteiger partial charge in [-0.3, -0.25) is 0 Å². The van der Waals surface area contributed by atoms with E-state index >= 15 is 0 Å². The molecule has 0 fully saturated rings. The predicted octanol–water partition coefficient (Wildman–Crippen LogP) is 4.26. The maximum atomic E-state index is 13.1. The van der Waals surface area contributed by atoms with Gasteiger partial charge in [0.25, 0.3) is 0 Å². The second-order valence-electron chi connectivity index (χ2n) is 3.87. The number of alkyl halides is 3. The number of benzene rings is 1.